The molecule has 12 nitrogen and oxygen atoms in total. The first kappa shape index (κ1) is 45.5. The number of esters is 2. The highest BCUT2D eigenvalue weighted by Crippen LogP contribution is 2.42. The van der Waals surface area contributed by atoms with Crippen LogP contribution in [-0.4, -0.2) is 70.0 Å². The predicted octanol–water partition coefficient (Wildman–Crippen LogP) is 7.54. The Morgan fingerprint density at radius 2 is 1.02 bits per heavy atom. The molecule has 1 aliphatic rings. The molecule has 1 amide bonds. The Labute approximate surface area is 295 Å². The topological polar surface area (TPSA) is 178 Å². The zero-order chi connectivity index (χ0) is 36.3. The van der Waals surface area contributed by atoms with E-state index in [1.54, 1.807) is 0 Å². The first-order chi connectivity index (χ1) is 23.6. The summed E-state index contributed by atoms with van der Waals surface area (Å²) in [6.45, 7) is 5.67. The predicted molar refractivity (Wildman–Crippen MR) is 188 cm³/mol. The molecule has 49 heavy (non-hydrogen) atoms. The molecule has 5 atom stereocenters. The fourth-order valence-electron chi connectivity index (χ4n) is 6.08. The van der Waals surface area contributed by atoms with Crippen LogP contribution in [0.3, 0.4) is 0 Å². The highest BCUT2D eigenvalue weighted by Gasteiger charge is 2.52. The van der Waals surface area contributed by atoms with E-state index in [0.29, 0.717) is 19.3 Å². The van der Waals surface area contributed by atoms with Gasteiger partial charge in [-0.25, -0.2) is 4.57 Å². The van der Waals surface area contributed by atoms with Crippen LogP contribution in [0.2, 0.25) is 0 Å². The van der Waals surface area contributed by atoms with Gasteiger partial charge >= 0.3 is 19.8 Å². The molecule has 0 spiro atoms. The van der Waals surface area contributed by atoms with Crippen molar-refractivity contribution in [2.24, 2.45) is 0 Å². The van der Waals surface area contributed by atoms with Crippen LogP contribution in [0, 0.1) is 0 Å². The molecule has 0 aromatic rings. The van der Waals surface area contributed by atoms with E-state index in [1.165, 1.54) is 12.8 Å². The van der Waals surface area contributed by atoms with E-state index in [0.717, 1.165) is 103 Å². The second kappa shape index (κ2) is 28.1. The first-order valence-corrected chi connectivity index (χ1v) is 20.8. The van der Waals surface area contributed by atoms with Crippen LogP contribution in [-0.2, 0) is 37.7 Å². The summed E-state index contributed by atoms with van der Waals surface area (Å²) in [5.41, 5.74) is 0. The number of carbonyl (C=O) groups excluding carboxylic acids is 3. The number of unbranched alkanes of at least 4 members (excludes halogenated alkanes) is 18. The Hall–Kier alpha value is -1.56. The third-order valence-electron chi connectivity index (χ3n) is 8.90. The SMILES string of the molecule is CCCCCCCCCC(=O)N[C@H]1[C@H](OC(=O)CCCCCCCCC)O[C@H](CO)[C@@H](OP(=O)(O)O)[C@@H]1OC(=O)CCCCCCCCC. The van der Waals surface area contributed by atoms with Gasteiger partial charge in [0.05, 0.1) is 6.61 Å². The van der Waals surface area contributed by atoms with Gasteiger partial charge in [-0.2, -0.15) is 0 Å². The summed E-state index contributed by atoms with van der Waals surface area (Å²) in [5.74, 6) is -1.67. The molecule has 4 N–H and O–H groups in total. The van der Waals surface area contributed by atoms with Crippen LogP contribution in [0.1, 0.15) is 175 Å². The van der Waals surface area contributed by atoms with Crippen molar-refractivity contribution >= 4 is 25.7 Å². The molecule has 0 bridgehead atoms. The van der Waals surface area contributed by atoms with Crippen molar-refractivity contribution in [3.05, 3.63) is 0 Å². The lowest BCUT2D eigenvalue weighted by molar-refractivity contribution is -0.264. The summed E-state index contributed by atoms with van der Waals surface area (Å²) < 4.78 is 34.3. The van der Waals surface area contributed by atoms with E-state index in [2.05, 4.69) is 26.1 Å². The van der Waals surface area contributed by atoms with Crippen molar-refractivity contribution in [2.45, 2.75) is 206 Å². The molecule has 0 aromatic heterocycles. The summed E-state index contributed by atoms with van der Waals surface area (Å²) in [6, 6.07) is -1.33. The van der Waals surface area contributed by atoms with Gasteiger partial charge in [-0.15, -0.1) is 0 Å². The lowest BCUT2D eigenvalue weighted by Crippen LogP contribution is -2.66. The van der Waals surface area contributed by atoms with Gasteiger partial charge in [0.25, 0.3) is 0 Å². The third kappa shape index (κ3) is 22.1. The number of nitrogens with one attached hydrogen (secondary N) is 1. The summed E-state index contributed by atoms with van der Waals surface area (Å²) >= 11 is 0. The van der Waals surface area contributed by atoms with Crippen molar-refractivity contribution in [2.75, 3.05) is 6.61 Å². The molecule has 0 unspecified atom stereocenters. The number of carbonyl (C=O) groups is 3. The normalized spacial score (nSPS) is 21.0. The fraction of sp³-hybridized carbons (Fsp3) is 0.917. The average molecular weight is 722 g/mol. The van der Waals surface area contributed by atoms with Gasteiger partial charge in [-0.1, -0.05) is 136 Å². The molecule has 0 aromatic carbocycles. The summed E-state index contributed by atoms with van der Waals surface area (Å²) in [7, 11) is -5.18. The maximum absolute atomic E-state index is 13.2. The Kier molecular flexibility index (Phi) is 26.0. The van der Waals surface area contributed by atoms with Crippen molar-refractivity contribution in [3.63, 3.8) is 0 Å². The first-order valence-electron chi connectivity index (χ1n) is 19.2. The molecule has 0 radical (unpaired) electrons. The van der Waals surface area contributed by atoms with E-state index >= 15 is 0 Å². The maximum atomic E-state index is 13.2. The summed E-state index contributed by atoms with van der Waals surface area (Å²) in [5, 5.41) is 12.9. The highest BCUT2D eigenvalue weighted by molar-refractivity contribution is 7.46. The lowest BCUT2D eigenvalue weighted by atomic mass is 9.96. The number of phosphoric acid groups is 1. The number of aliphatic hydroxyl groups excluding tert-OH is 1. The van der Waals surface area contributed by atoms with Gasteiger partial charge in [0, 0.05) is 19.3 Å². The van der Waals surface area contributed by atoms with Crippen molar-refractivity contribution in [1.82, 2.24) is 5.32 Å². The molecule has 0 saturated carbocycles. The van der Waals surface area contributed by atoms with Crippen LogP contribution in [0.4, 0.5) is 0 Å². The van der Waals surface area contributed by atoms with E-state index in [1.807, 2.05) is 0 Å². The molecule has 1 rings (SSSR count). The number of rotatable bonds is 30. The fourth-order valence-corrected chi connectivity index (χ4v) is 6.66. The number of phosphoric ester groups is 1. The quantitative estimate of drug-likeness (QED) is 0.0327. The van der Waals surface area contributed by atoms with Gasteiger partial charge in [-0.05, 0) is 19.3 Å². The van der Waals surface area contributed by atoms with Crippen LogP contribution in [0.5, 0.6) is 0 Å². The van der Waals surface area contributed by atoms with Crippen LogP contribution < -0.4 is 5.32 Å². The van der Waals surface area contributed by atoms with Gasteiger partial charge in [-0.3, -0.25) is 18.9 Å². The van der Waals surface area contributed by atoms with E-state index in [4.69, 9.17) is 18.7 Å². The molecule has 13 heteroatoms. The van der Waals surface area contributed by atoms with Crippen LogP contribution in [0.25, 0.3) is 0 Å². The average Bonchev–Trinajstić information content (AvgIpc) is 3.05. The number of hydrogen-bond acceptors (Lipinski definition) is 9. The molecule has 0 aliphatic carbocycles. The Morgan fingerprint density at radius 3 is 1.45 bits per heavy atom. The third-order valence-corrected chi connectivity index (χ3v) is 9.42. The number of aliphatic hydroxyl groups is 1. The van der Waals surface area contributed by atoms with Gasteiger partial charge < -0.3 is 34.4 Å². The van der Waals surface area contributed by atoms with Gasteiger partial charge in [0.15, 0.2) is 6.10 Å². The largest absolute Gasteiger partial charge is 0.470 e. The second-order valence-electron chi connectivity index (χ2n) is 13.4. The van der Waals surface area contributed by atoms with Crippen molar-refractivity contribution in [1.29, 1.82) is 0 Å². The number of ether oxygens (including phenoxy) is 3. The zero-order valence-corrected chi connectivity index (χ0v) is 31.5. The number of hydrogen-bond donors (Lipinski definition) is 4. The smallest absolute Gasteiger partial charge is 0.457 e. The second-order valence-corrected chi connectivity index (χ2v) is 14.6. The van der Waals surface area contributed by atoms with E-state index in [-0.39, 0.29) is 19.3 Å². The van der Waals surface area contributed by atoms with Gasteiger partial charge in [0.2, 0.25) is 12.2 Å². The molecule has 1 aliphatic heterocycles. The molecule has 288 valence electrons. The minimum Gasteiger partial charge on any atom is -0.457 e. The summed E-state index contributed by atoms with van der Waals surface area (Å²) in [6.07, 6.45) is 15.1. The number of amides is 1. The Bertz CT molecular complexity index is 931. The van der Waals surface area contributed by atoms with Crippen LogP contribution in [0.15, 0.2) is 0 Å². The maximum Gasteiger partial charge on any atom is 0.470 e. The molecular weight excluding hydrogens is 653 g/mol. The van der Waals surface area contributed by atoms with Crippen LogP contribution >= 0.6 is 7.82 Å². The minimum atomic E-state index is -5.18. The molecule has 1 saturated heterocycles. The molecule has 1 fully saturated rings. The van der Waals surface area contributed by atoms with Crippen molar-refractivity contribution < 1.29 is 52.6 Å². The van der Waals surface area contributed by atoms with Gasteiger partial charge in [0.1, 0.15) is 18.2 Å². The Morgan fingerprint density at radius 1 is 0.612 bits per heavy atom. The Balaban J connectivity index is 3.08. The lowest BCUT2D eigenvalue weighted by Gasteiger charge is -2.44. The van der Waals surface area contributed by atoms with E-state index < -0.39 is 62.9 Å². The monoisotopic (exact) mass is 721 g/mol. The zero-order valence-electron chi connectivity index (χ0n) is 30.6. The molecule has 1 heterocycles. The van der Waals surface area contributed by atoms with E-state index in [9.17, 15) is 33.8 Å². The van der Waals surface area contributed by atoms with Crippen molar-refractivity contribution in [3.8, 4) is 0 Å². The standard InChI is InChI=1S/C36H68NO11P/c1-4-7-10-13-16-19-22-25-30(39)37-33-35(46-31(40)26-23-20-17-14-11-8-5-2)34(48-49(42,43)44)29(28-38)45-36(33)47-32(41)27-24-21-18-15-12-9-6-3/h29,33-36,38H,4-28H2,1-3H3,(H,37,39)(H2,42,43,44)/t29-,33-,34-,35-,36+/m1/s1. The summed E-state index contributed by atoms with van der Waals surface area (Å²) in [4.78, 5) is 58.7. The highest BCUT2D eigenvalue weighted by atomic mass is 31.2. The molecular formula is C36H68NO11P. The minimum absolute atomic E-state index is 0.0406.